The molecule has 0 saturated heterocycles. The highest BCUT2D eigenvalue weighted by molar-refractivity contribution is 7.89. The van der Waals surface area contributed by atoms with Gasteiger partial charge in [-0.25, -0.2) is 17.1 Å². The van der Waals surface area contributed by atoms with Crippen LogP contribution in [0.25, 0.3) is 10.8 Å². The van der Waals surface area contributed by atoms with E-state index in [0.29, 0.717) is 6.42 Å². The van der Waals surface area contributed by atoms with Gasteiger partial charge in [0.15, 0.2) is 0 Å². The van der Waals surface area contributed by atoms with E-state index in [9.17, 15) is 17.6 Å². The van der Waals surface area contributed by atoms with Crippen LogP contribution in [0.3, 0.4) is 0 Å². The predicted octanol–water partition coefficient (Wildman–Crippen LogP) is 4.26. The van der Waals surface area contributed by atoms with Crippen LogP contribution in [0.5, 0.6) is 0 Å². The fourth-order valence-electron chi connectivity index (χ4n) is 3.24. The van der Waals surface area contributed by atoms with Crippen molar-refractivity contribution in [2.75, 3.05) is 13.6 Å². The minimum Gasteiger partial charge on any atom is -0.350 e. The first-order valence-electron chi connectivity index (χ1n) is 9.77. The smallest absolute Gasteiger partial charge is 0.242 e. The van der Waals surface area contributed by atoms with Gasteiger partial charge in [0.2, 0.25) is 15.9 Å². The number of carbonyl (C=O) groups excluding carboxylic acids is 1. The number of amides is 1. The molecule has 3 aromatic carbocycles. The van der Waals surface area contributed by atoms with Gasteiger partial charge in [0, 0.05) is 20.0 Å². The maximum atomic E-state index is 13.0. The van der Waals surface area contributed by atoms with Crippen molar-refractivity contribution >= 4 is 26.7 Å². The lowest BCUT2D eigenvalue weighted by Crippen LogP contribution is -2.30. The third kappa shape index (κ3) is 5.23. The Morgan fingerprint density at radius 2 is 1.70 bits per heavy atom. The average molecular weight is 429 g/mol. The number of nitrogens with one attached hydrogen (secondary N) is 1. The molecule has 0 aromatic heterocycles. The summed E-state index contributed by atoms with van der Waals surface area (Å²) in [7, 11) is -2.25. The predicted molar refractivity (Wildman–Crippen MR) is 116 cm³/mol. The van der Waals surface area contributed by atoms with Gasteiger partial charge in [-0.2, -0.15) is 0 Å². The second-order valence-electron chi connectivity index (χ2n) is 7.28. The Balaban J connectivity index is 1.51. The molecule has 3 rings (SSSR count). The molecule has 0 fully saturated rings. The Morgan fingerprint density at radius 3 is 2.40 bits per heavy atom. The molecule has 158 valence electrons. The van der Waals surface area contributed by atoms with Crippen molar-refractivity contribution in [1.29, 1.82) is 0 Å². The molecule has 30 heavy (non-hydrogen) atoms. The van der Waals surface area contributed by atoms with Gasteiger partial charge in [-0.15, -0.1) is 0 Å². The number of halogens is 1. The normalized spacial score (nSPS) is 12.8. The van der Waals surface area contributed by atoms with Crippen molar-refractivity contribution in [3.05, 3.63) is 78.1 Å². The molecule has 0 aliphatic heterocycles. The van der Waals surface area contributed by atoms with Gasteiger partial charge in [0.25, 0.3) is 0 Å². The molecule has 1 unspecified atom stereocenters. The Morgan fingerprint density at radius 1 is 1.03 bits per heavy atom. The molecule has 7 heteroatoms. The van der Waals surface area contributed by atoms with E-state index in [2.05, 4.69) is 11.4 Å². The number of rotatable bonds is 8. The van der Waals surface area contributed by atoms with E-state index in [1.165, 1.54) is 23.5 Å². The molecule has 0 heterocycles. The van der Waals surface area contributed by atoms with Crippen LogP contribution in [-0.4, -0.2) is 32.2 Å². The van der Waals surface area contributed by atoms with Crippen molar-refractivity contribution in [3.8, 4) is 0 Å². The van der Waals surface area contributed by atoms with Crippen LogP contribution in [0.2, 0.25) is 0 Å². The third-order valence-corrected chi connectivity index (χ3v) is 6.92. The summed E-state index contributed by atoms with van der Waals surface area (Å²) in [5, 5.41) is 5.22. The Bertz CT molecular complexity index is 1130. The molecule has 0 bridgehead atoms. The summed E-state index contributed by atoms with van der Waals surface area (Å²) in [6.45, 7) is 2.12. The number of carbonyl (C=O) groups is 1. The van der Waals surface area contributed by atoms with Crippen molar-refractivity contribution in [3.63, 3.8) is 0 Å². The second-order valence-corrected chi connectivity index (χ2v) is 9.32. The molecular formula is C23H25FN2O3S. The van der Waals surface area contributed by atoms with Crippen LogP contribution < -0.4 is 5.32 Å². The van der Waals surface area contributed by atoms with Crippen molar-refractivity contribution in [2.24, 2.45) is 0 Å². The van der Waals surface area contributed by atoms with E-state index in [4.69, 9.17) is 0 Å². The molecule has 0 radical (unpaired) electrons. The van der Waals surface area contributed by atoms with Crippen molar-refractivity contribution in [1.82, 2.24) is 9.62 Å². The Hall–Kier alpha value is -2.77. The molecule has 5 nitrogen and oxygen atoms in total. The average Bonchev–Trinajstić information content (AvgIpc) is 2.73. The molecule has 1 atom stereocenters. The first-order valence-corrected chi connectivity index (χ1v) is 11.2. The number of hydrogen-bond acceptors (Lipinski definition) is 3. The molecular weight excluding hydrogens is 403 g/mol. The number of fused-ring (bicyclic) bond motifs is 1. The van der Waals surface area contributed by atoms with Crippen LogP contribution >= 0.6 is 0 Å². The van der Waals surface area contributed by atoms with E-state index in [0.717, 1.165) is 28.5 Å². The summed E-state index contributed by atoms with van der Waals surface area (Å²) in [6.07, 6.45) is 0.592. The zero-order chi connectivity index (χ0) is 21.7. The number of sulfonamides is 1. The maximum absolute atomic E-state index is 13.0. The monoisotopic (exact) mass is 428 g/mol. The number of benzene rings is 3. The first-order chi connectivity index (χ1) is 14.3. The van der Waals surface area contributed by atoms with E-state index in [1.807, 2.05) is 43.3 Å². The summed E-state index contributed by atoms with van der Waals surface area (Å²) in [6, 6.07) is 18.7. The molecule has 0 aliphatic carbocycles. The van der Waals surface area contributed by atoms with E-state index in [1.54, 1.807) is 0 Å². The highest BCUT2D eigenvalue weighted by atomic mass is 32.2. The SMILES string of the molecule is CC(NC(=O)CCCN(C)S(=O)(=O)c1ccc(F)cc1)c1ccc2ccccc2c1. The fraction of sp³-hybridized carbons (Fsp3) is 0.261. The van der Waals surface area contributed by atoms with E-state index < -0.39 is 15.8 Å². The van der Waals surface area contributed by atoms with Crippen molar-refractivity contribution in [2.45, 2.75) is 30.7 Å². The summed E-state index contributed by atoms with van der Waals surface area (Å²) >= 11 is 0. The molecule has 0 aliphatic rings. The standard InChI is InChI=1S/C23H25FN2O3S/c1-17(19-10-9-18-6-3-4-7-20(18)16-19)25-23(27)8-5-15-26(2)30(28,29)22-13-11-21(24)12-14-22/h3-4,6-7,9-14,16-17H,5,8,15H2,1-2H3,(H,25,27). The molecule has 0 saturated carbocycles. The van der Waals surface area contributed by atoms with E-state index >= 15 is 0 Å². The first kappa shape index (κ1) is 21.9. The van der Waals surface area contributed by atoms with Gasteiger partial charge in [-0.3, -0.25) is 4.79 Å². The van der Waals surface area contributed by atoms with Crippen LogP contribution in [0, 0.1) is 5.82 Å². The highest BCUT2D eigenvalue weighted by Gasteiger charge is 2.20. The van der Waals surface area contributed by atoms with Gasteiger partial charge in [-0.1, -0.05) is 36.4 Å². The summed E-state index contributed by atoms with van der Waals surface area (Å²) < 4.78 is 39.2. The second kappa shape index (κ2) is 9.36. The zero-order valence-corrected chi connectivity index (χ0v) is 17.8. The topological polar surface area (TPSA) is 66.5 Å². The number of hydrogen-bond donors (Lipinski definition) is 1. The largest absolute Gasteiger partial charge is 0.350 e. The lowest BCUT2D eigenvalue weighted by atomic mass is 10.0. The molecule has 1 N–H and O–H groups in total. The minimum atomic E-state index is -3.71. The third-order valence-electron chi connectivity index (χ3n) is 5.05. The zero-order valence-electron chi connectivity index (χ0n) is 17.0. The summed E-state index contributed by atoms with van der Waals surface area (Å²) in [5.74, 6) is -0.628. The fourth-order valence-corrected chi connectivity index (χ4v) is 4.45. The van der Waals surface area contributed by atoms with Crippen LogP contribution in [-0.2, 0) is 14.8 Å². The Labute approximate surface area is 176 Å². The van der Waals surface area contributed by atoms with Gasteiger partial charge < -0.3 is 5.32 Å². The lowest BCUT2D eigenvalue weighted by Gasteiger charge is -2.18. The van der Waals surface area contributed by atoms with Gasteiger partial charge in [-0.05, 0) is 60.0 Å². The molecule has 0 spiro atoms. The van der Waals surface area contributed by atoms with Gasteiger partial charge in [0.05, 0.1) is 10.9 Å². The van der Waals surface area contributed by atoms with Gasteiger partial charge in [0.1, 0.15) is 5.82 Å². The lowest BCUT2D eigenvalue weighted by molar-refractivity contribution is -0.121. The maximum Gasteiger partial charge on any atom is 0.242 e. The van der Waals surface area contributed by atoms with E-state index in [-0.39, 0.29) is 29.8 Å². The summed E-state index contributed by atoms with van der Waals surface area (Å²) in [4.78, 5) is 12.3. The van der Waals surface area contributed by atoms with Crippen molar-refractivity contribution < 1.29 is 17.6 Å². The summed E-state index contributed by atoms with van der Waals surface area (Å²) in [5.41, 5.74) is 1.01. The highest BCUT2D eigenvalue weighted by Crippen LogP contribution is 2.20. The van der Waals surface area contributed by atoms with Crippen LogP contribution in [0.4, 0.5) is 4.39 Å². The van der Waals surface area contributed by atoms with Crippen LogP contribution in [0.15, 0.2) is 71.6 Å². The quantitative estimate of drug-likeness (QED) is 0.583. The van der Waals surface area contributed by atoms with Crippen LogP contribution in [0.1, 0.15) is 31.4 Å². The van der Waals surface area contributed by atoms with Gasteiger partial charge >= 0.3 is 0 Å². The molecule has 1 amide bonds. The minimum absolute atomic E-state index is 0.0285. The number of nitrogens with zero attached hydrogens (tertiary/aromatic N) is 1. The Kier molecular flexibility index (Phi) is 6.84. The molecule has 3 aromatic rings.